The maximum atomic E-state index is 9.29. The Morgan fingerprint density at radius 1 is 1.59 bits per heavy atom. The zero-order valence-corrected chi connectivity index (χ0v) is 10.7. The smallest absolute Gasteiger partial charge is 0.131 e. The van der Waals surface area contributed by atoms with E-state index in [1.165, 1.54) is 0 Å². The fourth-order valence-corrected chi connectivity index (χ4v) is 2.36. The number of aromatic nitrogens is 1. The van der Waals surface area contributed by atoms with Crippen LogP contribution in [0.25, 0.3) is 0 Å². The van der Waals surface area contributed by atoms with Crippen molar-refractivity contribution in [2.75, 3.05) is 24.6 Å². The molecule has 1 aromatic rings. The molecule has 2 rings (SSSR count). The number of aliphatic hydroxyl groups excluding tert-OH is 1. The second-order valence-corrected chi connectivity index (χ2v) is 5.21. The van der Waals surface area contributed by atoms with E-state index in [1.807, 2.05) is 19.9 Å². The zero-order valence-electron chi connectivity index (χ0n) is 10.7. The summed E-state index contributed by atoms with van der Waals surface area (Å²) in [5.74, 6) is 0.988. The molecule has 17 heavy (non-hydrogen) atoms. The van der Waals surface area contributed by atoms with E-state index in [2.05, 4.69) is 22.9 Å². The number of aliphatic hydroxyl groups is 1. The van der Waals surface area contributed by atoms with E-state index in [-0.39, 0.29) is 18.3 Å². The SMILES string of the molecule is Cc1cccnc1N1CC(CO)OC(C)(C)C1. The molecule has 2 heterocycles. The summed E-state index contributed by atoms with van der Waals surface area (Å²) in [7, 11) is 0. The number of pyridine rings is 1. The van der Waals surface area contributed by atoms with Gasteiger partial charge in [0.15, 0.2) is 0 Å². The van der Waals surface area contributed by atoms with Crippen LogP contribution in [0.15, 0.2) is 18.3 Å². The van der Waals surface area contributed by atoms with Crippen LogP contribution in [0.2, 0.25) is 0 Å². The molecule has 0 saturated carbocycles. The van der Waals surface area contributed by atoms with Gasteiger partial charge in [0.2, 0.25) is 0 Å². The molecule has 1 aliphatic heterocycles. The molecular formula is C13H20N2O2. The van der Waals surface area contributed by atoms with Gasteiger partial charge in [-0.3, -0.25) is 0 Å². The second kappa shape index (κ2) is 4.63. The number of nitrogens with zero attached hydrogens (tertiary/aromatic N) is 2. The molecule has 1 aromatic heterocycles. The number of ether oxygens (including phenoxy) is 1. The van der Waals surface area contributed by atoms with Crippen LogP contribution in [-0.4, -0.2) is 41.5 Å². The Morgan fingerprint density at radius 3 is 3.00 bits per heavy atom. The first-order valence-corrected chi connectivity index (χ1v) is 5.97. The van der Waals surface area contributed by atoms with Crippen LogP contribution in [0.4, 0.5) is 5.82 Å². The van der Waals surface area contributed by atoms with E-state index in [4.69, 9.17) is 4.74 Å². The molecule has 0 amide bonds. The quantitative estimate of drug-likeness (QED) is 0.842. The van der Waals surface area contributed by atoms with Crippen molar-refractivity contribution in [3.8, 4) is 0 Å². The van der Waals surface area contributed by atoms with Crippen LogP contribution in [-0.2, 0) is 4.74 Å². The van der Waals surface area contributed by atoms with Gasteiger partial charge in [-0.2, -0.15) is 0 Å². The van der Waals surface area contributed by atoms with Gasteiger partial charge in [-0.05, 0) is 32.4 Å². The van der Waals surface area contributed by atoms with E-state index in [0.29, 0.717) is 6.54 Å². The average Bonchev–Trinajstić information content (AvgIpc) is 2.27. The van der Waals surface area contributed by atoms with Gasteiger partial charge in [-0.1, -0.05) is 6.07 Å². The molecule has 1 aliphatic rings. The summed E-state index contributed by atoms with van der Waals surface area (Å²) in [5, 5.41) is 9.29. The van der Waals surface area contributed by atoms with E-state index in [1.54, 1.807) is 6.20 Å². The van der Waals surface area contributed by atoms with Gasteiger partial charge in [-0.15, -0.1) is 0 Å². The first-order valence-electron chi connectivity index (χ1n) is 5.97. The van der Waals surface area contributed by atoms with E-state index in [0.717, 1.165) is 17.9 Å². The van der Waals surface area contributed by atoms with E-state index >= 15 is 0 Å². The minimum atomic E-state index is -0.254. The Morgan fingerprint density at radius 2 is 2.35 bits per heavy atom. The molecule has 1 fully saturated rings. The molecule has 1 atom stereocenters. The van der Waals surface area contributed by atoms with Crippen molar-refractivity contribution >= 4 is 5.82 Å². The Bertz CT molecular complexity index is 393. The number of hydrogen-bond acceptors (Lipinski definition) is 4. The zero-order chi connectivity index (χ0) is 12.5. The highest BCUT2D eigenvalue weighted by atomic mass is 16.5. The van der Waals surface area contributed by atoms with Crippen molar-refractivity contribution in [1.29, 1.82) is 0 Å². The molecule has 1 unspecified atom stereocenters. The van der Waals surface area contributed by atoms with Gasteiger partial charge in [0.1, 0.15) is 5.82 Å². The monoisotopic (exact) mass is 236 g/mol. The Hall–Kier alpha value is -1.13. The third-order valence-corrected chi connectivity index (χ3v) is 2.97. The van der Waals surface area contributed by atoms with Crippen molar-refractivity contribution in [3.05, 3.63) is 23.9 Å². The highest BCUT2D eigenvalue weighted by Gasteiger charge is 2.33. The van der Waals surface area contributed by atoms with Crippen LogP contribution in [0, 0.1) is 6.92 Å². The van der Waals surface area contributed by atoms with Crippen LogP contribution in [0.1, 0.15) is 19.4 Å². The van der Waals surface area contributed by atoms with Crippen molar-refractivity contribution < 1.29 is 9.84 Å². The second-order valence-electron chi connectivity index (χ2n) is 5.21. The van der Waals surface area contributed by atoms with E-state index in [9.17, 15) is 5.11 Å². The summed E-state index contributed by atoms with van der Waals surface area (Å²) in [4.78, 5) is 6.62. The standard InChI is InChI=1S/C13H20N2O2/c1-10-5-4-6-14-12(10)15-7-11(8-16)17-13(2,3)9-15/h4-6,11,16H,7-9H2,1-3H3. The Kier molecular flexibility index (Phi) is 3.35. The van der Waals surface area contributed by atoms with E-state index < -0.39 is 0 Å². The Labute approximate surface area is 102 Å². The summed E-state index contributed by atoms with van der Waals surface area (Å²) in [6.07, 6.45) is 1.67. The van der Waals surface area contributed by atoms with Gasteiger partial charge in [0, 0.05) is 19.3 Å². The molecule has 0 spiro atoms. The predicted octanol–water partition coefficient (Wildman–Crippen LogP) is 1.37. The predicted molar refractivity (Wildman–Crippen MR) is 67.2 cm³/mol. The maximum Gasteiger partial charge on any atom is 0.131 e. The molecule has 4 nitrogen and oxygen atoms in total. The molecule has 0 bridgehead atoms. The van der Waals surface area contributed by atoms with Crippen molar-refractivity contribution in [1.82, 2.24) is 4.98 Å². The normalized spacial score (nSPS) is 23.8. The molecule has 94 valence electrons. The number of morpholine rings is 1. The average molecular weight is 236 g/mol. The van der Waals surface area contributed by atoms with Gasteiger partial charge in [0.25, 0.3) is 0 Å². The summed E-state index contributed by atoms with van der Waals surface area (Å²) >= 11 is 0. The first kappa shape index (κ1) is 12.3. The van der Waals surface area contributed by atoms with Gasteiger partial charge < -0.3 is 14.7 Å². The van der Waals surface area contributed by atoms with Crippen molar-refractivity contribution in [2.24, 2.45) is 0 Å². The lowest BCUT2D eigenvalue weighted by molar-refractivity contribution is -0.101. The van der Waals surface area contributed by atoms with Crippen LogP contribution in [0.5, 0.6) is 0 Å². The molecule has 4 heteroatoms. The number of rotatable bonds is 2. The summed E-state index contributed by atoms with van der Waals surface area (Å²) in [6, 6.07) is 3.99. The summed E-state index contributed by atoms with van der Waals surface area (Å²) in [5.41, 5.74) is 0.900. The lowest BCUT2D eigenvalue weighted by Gasteiger charge is -2.43. The first-order chi connectivity index (χ1) is 8.02. The third-order valence-electron chi connectivity index (χ3n) is 2.97. The lowest BCUT2D eigenvalue weighted by Crippen LogP contribution is -2.54. The summed E-state index contributed by atoms with van der Waals surface area (Å²) in [6.45, 7) is 7.67. The number of aryl methyl sites for hydroxylation is 1. The lowest BCUT2D eigenvalue weighted by atomic mass is 10.0. The molecule has 1 saturated heterocycles. The van der Waals surface area contributed by atoms with Gasteiger partial charge in [0.05, 0.1) is 18.3 Å². The topological polar surface area (TPSA) is 45.6 Å². The van der Waals surface area contributed by atoms with Crippen LogP contribution >= 0.6 is 0 Å². The van der Waals surface area contributed by atoms with Crippen molar-refractivity contribution in [3.63, 3.8) is 0 Å². The highest BCUT2D eigenvalue weighted by molar-refractivity contribution is 5.46. The van der Waals surface area contributed by atoms with Gasteiger partial charge in [-0.25, -0.2) is 4.98 Å². The fraction of sp³-hybridized carbons (Fsp3) is 0.615. The molecule has 1 N–H and O–H groups in total. The highest BCUT2D eigenvalue weighted by Crippen LogP contribution is 2.26. The maximum absolute atomic E-state index is 9.29. The Balaban J connectivity index is 2.24. The third kappa shape index (κ3) is 2.76. The van der Waals surface area contributed by atoms with Crippen LogP contribution < -0.4 is 4.90 Å². The van der Waals surface area contributed by atoms with Crippen molar-refractivity contribution in [2.45, 2.75) is 32.5 Å². The fourth-order valence-electron chi connectivity index (χ4n) is 2.36. The molecule has 0 aromatic carbocycles. The van der Waals surface area contributed by atoms with Crippen LogP contribution in [0.3, 0.4) is 0 Å². The molecular weight excluding hydrogens is 216 g/mol. The number of anilines is 1. The molecule has 0 radical (unpaired) electrons. The molecule has 0 aliphatic carbocycles. The number of hydrogen-bond donors (Lipinski definition) is 1. The minimum absolute atomic E-state index is 0.0474. The largest absolute Gasteiger partial charge is 0.394 e. The minimum Gasteiger partial charge on any atom is -0.394 e. The summed E-state index contributed by atoms with van der Waals surface area (Å²) < 4.78 is 5.80. The van der Waals surface area contributed by atoms with Gasteiger partial charge >= 0.3 is 0 Å².